The Bertz CT molecular complexity index is 365. The van der Waals surface area contributed by atoms with Crippen LogP contribution in [-0.2, 0) is 9.47 Å². The Kier molecular flexibility index (Phi) is 10.5. The topological polar surface area (TPSA) is 54.9 Å². The molecular weight excluding hydrogens is 417 g/mol. The lowest BCUT2D eigenvalue weighted by atomic mass is 9.78. The summed E-state index contributed by atoms with van der Waals surface area (Å²) in [5.41, 5.74) is 0.333. The second-order valence-corrected chi connectivity index (χ2v) is 7.53. The second-order valence-electron chi connectivity index (χ2n) is 7.53. The van der Waals surface area contributed by atoms with Gasteiger partial charge in [0, 0.05) is 33.4 Å². The van der Waals surface area contributed by atoms with Crippen LogP contribution in [0.25, 0.3) is 0 Å². The molecule has 1 heterocycles. The zero-order valence-electron chi connectivity index (χ0n) is 15.6. The lowest BCUT2D eigenvalue weighted by molar-refractivity contribution is 0.0420. The highest BCUT2D eigenvalue weighted by Gasteiger charge is 2.31. The number of rotatable bonds is 8. The Hall–Kier alpha value is -0.0800. The average molecular weight is 453 g/mol. The van der Waals surface area contributed by atoms with Gasteiger partial charge in [-0.25, -0.2) is 0 Å². The number of aliphatic imine (C=N–C) groups is 1. The van der Waals surface area contributed by atoms with Crippen LogP contribution in [0.4, 0.5) is 0 Å². The summed E-state index contributed by atoms with van der Waals surface area (Å²) in [5.74, 6) is 1.75. The molecule has 0 aromatic rings. The van der Waals surface area contributed by atoms with E-state index >= 15 is 0 Å². The van der Waals surface area contributed by atoms with Gasteiger partial charge in [-0.05, 0) is 37.0 Å². The predicted octanol–water partition coefficient (Wildman–Crippen LogP) is 3.18. The Morgan fingerprint density at radius 2 is 1.96 bits per heavy atom. The highest BCUT2D eigenvalue weighted by Crippen LogP contribution is 2.38. The molecule has 0 aromatic carbocycles. The molecule has 6 heteroatoms. The van der Waals surface area contributed by atoms with Gasteiger partial charge in [-0.2, -0.15) is 0 Å². The summed E-state index contributed by atoms with van der Waals surface area (Å²) in [4.78, 5) is 4.33. The van der Waals surface area contributed by atoms with Crippen molar-refractivity contribution in [1.82, 2.24) is 10.6 Å². The van der Waals surface area contributed by atoms with Crippen LogP contribution < -0.4 is 10.6 Å². The SMILES string of the molecule is CN=C(NCCCOC1CCOC1)NCC(C)(C)C1CCCC1.I. The highest BCUT2D eigenvalue weighted by atomic mass is 127. The molecule has 1 saturated carbocycles. The molecule has 24 heavy (non-hydrogen) atoms. The summed E-state index contributed by atoms with van der Waals surface area (Å²) in [6.45, 7) is 9.00. The third-order valence-corrected chi connectivity index (χ3v) is 5.25. The highest BCUT2D eigenvalue weighted by molar-refractivity contribution is 14.0. The number of nitrogens with zero attached hydrogens (tertiary/aromatic N) is 1. The standard InChI is InChI=1S/C18H35N3O2.HI/c1-18(2,15-7-4-5-8-15)14-21-17(19-3)20-10-6-11-23-16-9-12-22-13-16;/h15-16H,4-14H2,1-3H3,(H2,19,20,21);1H. The molecule has 0 amide bonds. The number of ether oxygens (including phenoxy) is 2. The first kappa shape index (κ1) is 22.0. The van der Waals surface area contributed by atoms with Crippen molar-refractivity contribution in [2.45, 2.75) is 58.5 Å². The zero-order chi connectivity index (χ0) is 16.5. The van der Waals surface area contributed by atoms with Gasteiger partial charge in [-0.15, -0.1) is 24.0 Å². The van der Waals surface area contributed by atoms with E-state index in [1.54, 1.807) is 0 Å². The Labute approximate surface area is 164 Å². The number of hydrogen-bond donors (Lipinski definition) is 2. The van der Waals surface area contributed by atoms with Gasteiger partial charge in [0.05, 0.1) is 12.7 Å². The monoisotopic (exact) mass is 453 g/mol. The van der Waals surface area contributed by atoms with Crippen molar-refractivity contribution in [3.8, 4) is 0 Å². The first-order valence-electron chi connectivity index (χ1n) is 9.25. The summed E-state index contributed by atoms with van der Waals surface area (Å²) in [5, 5.41) is 6.88. The van der Waals surface area contributed by atoms with Gasteiger partial charge in [0.15, 0.2) is 5.96 Å². The number of nitrogens with one attached hydrogen (secondary N) is 2. The molecule has 1 unspecified atom stereocenters. The van der Waals surface area contributed by atoms with Crippen LogP contribution in [0, 0.1) is 11.3 Å². The summed E-state index contributed by atoms with van der Waals surface area (Å²) < 4.78 is 11.1. The van der Waals surface area contributed by atoms with Gasteiger partial charge in [-0.1, -0.05) is 26.7 Å². The molecule has 142 valence electrons. The second kappa shape index (κ2) is 11.5. The third-order valence-electron chi connectivity index (χ3n) is 5.25. The van der Waals surface area contributed by atoms with E-state index in [1.807, 2.05) is 7.05 Å². The Morgan fingerprint density at radius 1 is 1.21 bits per heavy atom. The lowest BCUT2D eigenvalue weighted by Gasteiger charge is -2.32. The minimum absolute atomic E-state index is 0. The van der Waals surface area contributed by atoms with Gasteiger partial charge in [0.2, 0.25) is 0 Å². The minimum Gasteiger partial charge on any atom is -0.379 e. The van der Waals surface area contributed by atoms with Crippen molar-refractivity contribution in [1.29, 1.82) is 0 Å². The Morgan fingerprint density at radius 3 is 2.58 bits per heavy atom. The molecule has 0 spiro atoms. The zero-order valence-corrected chi connectivity index (χ0v) is 17.9. The van der Waals surface area contributed by atoms with Crippen molar-refractivity contribution in [2.24, 2.45) is 16.3 Å². The summed E-state index contributed by atoms with van der Waals surface area (Å²) >= 11 is 0. The normalized spacial score (nSPS) is 22.5. The minimum atomic E-state index is 0. The van der Waals surface area contributed by atoms with Gasteiger partial charge in [0.25, 0.3) is 0 Å². The average Bonchev–Trinajstić information content (AvgIpc) is 3.23. The van der Waals surface area contributed by atoms with Gasteiger partial charge in [-0.3, -0.25) is 4.99 Å². The molecule has 0 bridgehead atoms. The maximum atomic E-state index is 5.77. The van der Waals surface area contributed by atoms with Gasteiger partial charge in [0.1, 0.15) is 0 Å². The van der Waals surface area contributed by atoms with E-state index in [9.17, 15) is 0 Å². The van der Waals surface area contributed by atoms with Crippen LogP contribution >= 0.6 is 24.0 Å². The fraction of sp³-hybridized carbons (Fsp3) is 0.944. The van der Waals surface area contributed by atoms with Crippen molar-refractivity contribution >= 4 is 29.9 Å². The molecule has 1 aliphatic heterocycles. The molecule has 1 atom stereocenters. The summed E-state index contributed by atoms with van der Waals surface area (Å²) in [7, 11) is 1.84. The first-order valence-corrected chi connectivity index (χ1v) is 9.25. The molecule has 2 N–H and O–H groups in total. The quantitative estimate of drug-likeness (QED) is 0.257. The molecule has 1 aliphatic carbocycles. The van der Waals surface area contributed by atoms with Crippen molar-refractivity contribution in [3.05, 3.63) is 0 Å². The van der Waals surface area contributed by atoms with E-state index in [-0.39, 0.29) is 24.0 Å². The smallest absolute Gasteiger partial charge is 0.190 e. The van der Waals surface area contributed by atoms with Gasteiger partial charge < -0.3 is 20.1 Å². The Balaban J connectivity index is 0.00000288. The van der Waals surface area contributed by atoms with Crippen LogP contribution in [0.3, 0.4) is 0 Å². The van der Waals surface area contributed by atoms with Crippen molar-refractivity contribution < 1.29 is 9.47 Å². The number of guanidine groups is 1. The number of halogens is 1. The van der Waals surface area contributed by atoms with E-state index in [2.05, 4.69) is 29.5 Å². The molecule has 5 nitrogen and oxygen atoms in total. The number of hydrogen-bond acceptors (Lipinski definition) is 3. The van der Waals surface area contributed by atoms with E-state index in [0.29, 0.717) is 11.5 Å². The largest absolute Gasteiger partial charge is 0.379 e. The van der Waals surface area contributed by atoms with Crippen molar-refractivity contribution in [3.63, 3.8) is 0 Å². The summed E-state index contributed by atoms with van der Waals surface area (Å²) in [6, 6.07) is 0. The molecule has 0 aromatic heterocycles. The van der Waals surface area contributed by atoms with E-state index in [4.69, 9.17) is 9.47 Å². The fourth-order valence-electron chi connectivity index (χ4n) is 3.56. The molecular formula is C18H36IN3O2. The maximum Gasteiger partial charge on any atom is 0.190 e. The first-order chi connectivity index (χ1) is 11.1. The molecule has 2 rings (SSSR count). The van der Waals surface area contributed by atoms with Crippen LogP contribution in [0.15, 0.2) is 4.99 Å². The third kappa shape index (κ3) is 7.44. The van der Waals surface area contributed by atoms with Crippen LogP contribution in [0.2, 0.25) is 0 Å². The molecule has 2 aliphatic rings. The fourth-order valence-corrected chi connectivity index (χ4v) is 3.56. The van der Waals surface area contributed by atoms with Crippen LogP contribution in [-0.4, -0.2) is 52.0 Å². The van der Waals surface area contributed by atoms with Crippen LogP contribution in [0.5, 0.6) is 0 Å². The van der Waals surface area contributed by atoms with Crippen LogP contribution in [0.1, 0.15) is 52.4 Å². The lowest BCUT2D eigenvalue weighted by Crippen LogP contribution is -2.44. The van der Waals surface area contributed by atoms with Crippen molar-refractivity contribution in [2.75, 3.05) is 40.0 Å². The maximum absolute atomic E-state index is 5.77. The molecule has 0 radical (unpaired) electrons. The molecule has 1 saturated heterocycles. The van der Waals surface area contributed by atoms with E-state index < -0.39 is 0 Å². The van der Waals surface area contributed by atoms with Gasteiger partial charge >= 0.3 is 0 Å². The van der Waals surface area contributed by atoms with E-state index in [0.717, 1.165) is 57.6 Å². The predicted molar refractivity (Wildman–Crippen MR) is 110 cm³/mol. The summed E-state index contributed by atoms with van der Waals surface area (Å²) in [6.07, 6.45) is 7.88. The van der Waals surface area contributed by atoms with E-state index in [1.165, 1.54) is 25.7 Å². The molecule has 2 fully saturated rings.